The first-order valence-electron chi connectivity index (χ1n) is 5.46. The van der Waals surface area contributed by atoms with Gasteiger partial charge in [0.1, 0.15) is 0 Å². The number of nitrogens with one attached hydrogen (secondary N) is 1. The van der Waals surface area contributed by atoms with Crippen LogP contribution in [0.5, 0.6) is 0 Å². The minimum atomic E-state index is -1.07. The number of carboxylic acid groups (broad SMARTS) is 1. The summed E-state index contributed by atoms with van der Waals surface area (Å²) in [6.45, 7) is 0. The Kier molecular flexibility index (Phi) is 3.82. The van der Waals surface area contributed by atoms with Gasteiger partial charge in [-0.1, -0.05) is 23.7 Å². The molecule has 1 amide bonds. The summed E-state index contributed by atoms with van der Waals surface area (Å²) in [6.07, 6.45) is 0. The van der Waals surface area contributed by atoms with Gasteiger partial charge in [0.2, 0.25) is 0 Å². The standard InChI is InChI=1S/C14H10ClNO3/c15-11-5-2-6-12(8-11)16-13(17)9-3-1-4-10(7-9)14(18)19/h1-8H,(H,16,17)(H,18,19). The van der Waals surface area contributed by atoms with Crippen molar-refractivity contribution in [3.05, 3.63) is 64.7 Å². The van der Waals surface area contributed by atoms with Crippen LogP contribution in [-0.2, 0) is 0 Å². The third-order valence-corrected chi connectivity index (χ3v) is 2.69. The van der Waals surface area contributed by atoms with Gasteiger partial charge in [0.25, 0.3) is 5.91 Å². The van der Waals surface area contributed by atoms with Crippen LogP contribution in [0.4, 0.5) is 5.69 Å². The summed E-state index contributed by atoms with van der Waals surface area (Å²) in [6, 6.07) is 12.5. The van der Waals surface area contributed by atoms with E-state index in [4.69, 9.17) is 16.7 Å². The Morgan fingerprint density at radius 3 is 2.37 bits per heavy atom. The van der Waals surface area contributed by atoms with Crippen LogP contribution in [0.25, 0.3) is 0 Å². The molecule has 0 fully saturated rings. The Morgan fingerprint density at radius 2 is 1.68 bits per heavy atom. The van der Waals surface area contributed by atoms with Gasteiger partial charge in [-0.15, -0.1) is 0 Å². The molecule has 0 heterocycles. The molecule has 0 aliphatic carbocycles. The van der Waals surface area contributed by atoms with E-state index in [0.29, 0.717) is 10.7 Å². The van der Waals surface area contributed by atoms with E-state index < -0.39 is 5.97 Å². The molecule has 0 unspecified atom stereocenters. The van der Waals surface area contributed by atoms with E-state index in [2.05, 4.69) is 5.32 Å². The van der Waals surface area contributed by atoms with Gasteiger partial charge in [0.05, 0.1) is 5.56 Å². The molecule has 19 heavy (non-hydrogen) atoms. The molecule has 2 aromatic carbocycles. The molecule has 2 N–H and O–H groups in total. The highest BCUT2D eigenvalue weighted by Gasteiger charge is 2.09. The fourth-order valence-electron chi connectivity index (χ4n) is 1.56. The predicted octanol–water partition coefficient (Wildman–Crippen LogP) is 3.29. The Labute approximate surface area is 114 Å². The largest absolute Gasteiger partial charge is 0.478 e. The average Bonchev–Trinajstić information content (AvgIpc) is 2.39. The van der Waals surface area contributed by atoms with Crippen LogP contribution in [-0.4, -0.2) is 17.0 Å². The number of rotatable bonds is 3. The summed E-state index contributed by atoms with van der Waals surface area (Å²) >= 11 is 5.81. The first-order valence-corrected chi connectivity index (χ1v) is 5.84. The molecule has 0 bridgehead atoms. The molecule has 2 aromatic rings. The lowest BCUT2D eigenvalue weighted by Crippen LogP contribution is -2.12. The Bertz CT molecular complexity index is 640. The molecule has 96 valence electrons. The second kappa shape index (κ2) is 5.54. The zero-order chi connectivity index (χ0) is 13.8. The molecule has 0 spiro atoms. The molecular formula is C14H10ClNO3. The Hall–Kier alpha value is -2.33. The van der Waals surface area contributed by atoms with Gasteiger partial charge < -0.3 is 10.4 Å². The number of carbonyl (C=O) groups is 2. The fraction of sp³-hybridized carbons (Fsp3) is 0. The molecule has 0 radical (unpaired) electrons. The minimum Gasteiger partial charge on any atom is -0.478 e. The van der Waals surface area contributed by atoms with Gasteiger partial charge in [-0.2, -0.15) is 0 Å². The van der Waals surface area contributed by atoms with E-state index >= 15 is 0 Å². The smallest absolute Gasteiger partial charge is 0.335 e. The summed E-state index contributed by atoms with van der Waals surface area (Å²) in [5.41, 5.74) is 0.900. The quantitative estimate of drug-likeness (QED) is 0.903. The van der Waals surface area contributed by atoms with E-state index in [9.17, 15) is 9.59 Å². The van der Waals surface area contributed by atoms with Crippen molar-refractivity contribution < 1.29 is 14.7 Å². The minimum absolute atomic E-state index is 0.0683. The second-order valence-electron chi connectivity index (χ2n) is 3.85. The molecule has 2 rings (SSSR count). The summed E-state index contributed by atoms with van der Waals surface area (Å²) in [4.78, 5) is 22.8. The molecular weight excluding hydrogens is 266 g/mol. The van der Waals surface area contributed by atoms with Crippen molar-refractivity contribution in [2.24, 2.45) is 0 Å². The normalized spacial score (nSPS) is 9.95. The molecule has 0 aliphatic rings. The SMILES string of the molecule is O=C(O)c1cccc(C(=O)Nc2cccc(Cl)c2)c1. The van der Waals surface area contributed by atoms with Crippen LogP contribution in [0.3, 0.4) is 0 Å². The Morgan fingerprint density at radius 1 is 1.00 bits per heavy atom. The maximum Gasteiger partial charge on any atom is 0.335 e. The second-order valence-corrected chi connectivity index (χ2v) is 4.29. The number of hydrogen-bond acceptors (Lipinski definition) is 2. The summed E-state index contributed by atoms with van der Waals surface area (Å²) in [7, 11) is 0. The lowest BCUT2D eigenvalue weighted by molar-refractivity contribution is 0.0697. The highest BCUT2D eigenvalue weighted by Crippen LogP contribution is 2.16. The molecule has 0 saturated carbocycles. The fourth-order valence-corrected chi connectivity index (χ4v) is 1.75. The number of benzene rings is 2. The van der Waals surface area contributed by atoms with Gasteiger partial charge in [-0.05, 0) is 36.4 Å². The third-order valence-electron chi connectivity index (χ3n) is 2.45. The number of aromatic carboxylic acids is 1. The summed E-state index contributed by atoms with van der Waals surface area (Å²) < 4.78 is 0. The maximum absolute atomic E-state index is 12.0. The zero-order valence-corrected chi connectivity index (χ0v) is 10.5. The maximum atomic E-state index is 12.0. The summed E-state index contributed by atoms with van der Waals surface area (Å²) in [5.74, 6) is -1.46. The van der Waals surface area contributed by atoms with Crippen LogP contribution >= 0.6 is 11.6 Å². The lowest BCUT2D eigenvalue weighted by Gasteiger charge is -2.06. The number of hydrogen-bond donors (Lipinski definition) is 2. The molecule has 0 aromatic heterocycles. The average molecular weight is 276 g/mol. The van der Waals surface area contributed by atoms with E-state index in [-0.39, 0.29) is 17.0 Å². The molecule has 0 atom stereocenters. The first kappa shape index (κ1) is 13.1. The van der Waals surface area contributed by atoms with Crippen molar-refractivity contribution in [3.8, 4) is 0 Å². The van der Waals surface area contributed by atoms with Crippen molar-refractivity contribution in [3.63, 3.8) is 0 Å². The van der Waals surface area contributed by atoms with Crippen molar-refractivity contribution in [2.75, 3.05) is 5.32 Å². The number of amides is 1. The topological polar surface area (TPSA) is 66.4 Å². The van der Waals surface area contributed by atoms with Crippen molar-refractivity contribution in [1.29, 1.82) is 0 Å². The van der Waals surface area contributed by atoms with Gasteiger partial charge >= 0.3 is 5.97 Å². The highest BCUT2D eigenvalue weighted by atomic mass is 35.5. The van der Waals surface area contributed by atoms with Crippen LogP contribution < -0.4 is 5.32 Å². The number of halogens is 1. The molecule has 0 aliphatic heterocycles. The highest BCUT2D eigenvalue weighted by molar-refractivity contribution is 6.31. The van der Waals surface area contributed by atoms with Crippen molar-refractivity contribution >= 4 is 29.2 Å². The van der Waals surface area contributed by atoms with Gasteiger partial charge in [-0.3, -0.25) is 4.79 Å². The van der Waals surface area contributed by atoms with Crippen LogP contribution in [0.15, 0.2) is 48.5 Å². The third kappa shape index (κ3) is 3.33. The van der Waals surface area contributed by atoms with Crippen LogP contribution in [0.2, 0.25) is 5.02 Å². The first-order chi connectivity index (χ1) is 9.06. The molecule has 0 saturated heterocycles. The van der Waals surface area contributed by atoms with Crippen LogP contribution in [0.1, 0.15) is 20.7 Å². The Balaban J connectivity index is 2.20. The lowest BCUT2D eigenvalue weighted by atomic mass is 10.1. The number of carbonyl (C=O) groups excluding carboxylic acids is 1. The predicted molar refractivity (Wildman–Crippen MR) is 72.8 cm³/mol. The summed E-state index contributed by atoms with van der Waals surface area (Å²) in [5, 5.41) is 12.0. The monoisotopic (exact) mass is 275 g/mol. The van der Waals surface area contributed by atoms with E-state index in [0.717, 1.165) is 0 Å². The van der Waals surface area contributed by atoms with Gasteiger partial charge in [0, 0.05) is 16.3 Å². The number of anilines is 1. The van der Waals surface area contributed by atoms with Gasteiger partial charge in [0.15, 0.2) is 0 Å². The number of carboxylic acids is 1. The van der Waals surface area contributed by atoms with Crippen molar-refractivity contribution in [1.82, 2.24) is 0 Å². The van der Waals surface area contributed by atoms with Crippen LogP contribution in [0, 0.1) is 0 Å². The van der Waals surface area contributed by atoms with Gasteiger partial charge in [-0.25, -0.2) is 4.79 Å². The molecule has 4 nitrogen and oxygen atoms in total. The van der Waals surface area contributed by atoms with E-state index in [1.54, 1.807) is 30.3 Å². The van der Waals surface area contributed by atoms with E-state index in [1.165, 1.54) is 18.2 Å². The molecule has 5 heteroatoms. The van der Waals surface area contributed by atoms with E-state index in [1.807, 2.05) is 0 Å². The van der Waals surface area contributed by atoms with Crippen molar-refractivity contribution in [2.45, 2.75) is 0 Å². The zero-order valence-electron chi connectivity index (χ0n) is 9.76.